The summed E-state index contributed by atoms with van der Waals surface area (Å²) >= 11 is -4.01. The third-order valence-electron chi connectivity index (χ3n) is 4.06. The van der Waals surface area contributed by atoms with Crippen LogP contribution in [-0.2, 0) is 19.1 Å². The van der Waals surface area contributed by atoms with Crippen molar-refractivity contribution in [3.8, 4) is 0 Å². The zero-order chi connectivity index (χ0) is 21.5. The van der Waals surface area contributed by atoms with Crippen molar-refractivity contribution >= 4 is 11.9 Å². The topological polar surface area (TPSA) is 122 Å². The zero-order valence-corrected chi connectivity index (χ0v) is 22.7. The first-order valence-corrected chi connectivity index (χ1v) is 13.1. The fraction of sp³-hybridized carbons (Fsp3) is 0.900. The van der Waals surface area contributed by atoms with Gasteiger partial charge in [0.05, 0.1) is 26.1 Å². The molecule has 7 nitrogen and oxygen atoms in total. The smallest absolute Gasteiger partial charge is 0.466 e. The van der Waals surface area contributed by atoms with E-state index in [1.54, 1.807) is 0 Å². The molecule has 0 atom stereocenters. The molecule has 0 aliphatic carbocycles. The van der Waals surface area contributed by atoms with Crippen LogP contribution >= 0.6 is 0 Å². The SMILES string of the molecule is CCCCCCCCOC(=O)CCC(=O)OCCCCCCCC.[Na+].[O-][I+2]([O-])[O-]. The number of hydrogen-bond donors (Lipinski definition) is 0. The standard InChI is InChI=1S/C20H38O4.IO3.Na/c1-3-5-7-9-11-13-17-23-19(21)15-16-20(22)24-18-14-12-10-8-6-4-2;2-1(3)4;/h3-18H2,1-2H3;;/q;-1;+1. The average molecular weight is 540 g/mol. The van der Waals surface area contributed by atoms with Crippen LogP contribution in [0.3, 0.4) is 0 Å². The molecule has 0 aromatic carbocycles. The summed E-state index contributed by atoms with van der Waals surface area (Å²) in [7, 11) is 0. The number of rotatable bonds is 17. The second kappa shape index (κ2) is 28.5. The van der Waals surface area contributed by atoms with Crippen LogP contribution in [0.2, 0.25) is 0 Å². The summed E-state index contributed by atoms with van der Waals surface area (Å²) in [4.78, 5) is 23.1. The number of carbonyl (C=O) groups excluding carboxylic acids is 2. The number of hydrogen-bond acceptors (Lipinski definition) is 7. The van der Waals surface area contributed by atoms with E-state index in [1.807, 2.05) is 0 Å². The van der Waals surface area contributed by atoms with Crippen LogP contribution in [0.15, 0.2) is 0 Å². The average Bonchev–Trinajstić information content (AvgIpc) is 2.64. The van der Waals surface area contributed by atoms with Crippen molar-refractivity contribution < 1.29 is 80.0 Å². The molecule has 0 heterocycles. The van der Waals surface area contributed by atoms with E-state index in [9.17, 15) is 9.59 Å². The van der Waals surface area contributed by atoms with Gasteiger partial charge >= 0.3 is 41.5 Å². The first-order valence-electron chi connectivity index (χ1n) is 10.5. The van der Waals surface area contributed by atoms with Gasteiger partial charge in [0.1, 0.15) is 0 Å². The molecule has 0 aliphatic heterocycles. The minimum absolute atomic E-state index is 0. The molecule has 0 unspecified atom stereocenters. The van der Waals surface area contributed by atoms with Crippen LogP contribution in [0.4, 0.5) is 0 Å². The largest absolute Gasteiger partial charge is 1.00 e. The van der Waals surface area contributed by atoms with E-state index < -0.39 is 21.1 Å². The van der Waals surface area contributed by atoms with Gasteiger partial charge in [0, 0.05) is 0 Å². The van der Waals surface area contributed by atoms with E-state index >= 15 is 0 Å². The Labute approximate surface area is 207 Å². The molecule has 0 saturated carbocycles. The van der Waals surface area contributed by atoms with Gasteiger partial charge < -0.3 is 19.8 Å². The summed E-state index contributed by atoms with van der Waals surface area (Å²) in [6, 6.07) is 0. The summed E-state index contributed by atoms with van der Waals surface area (Å²) < 4.78 is 36.0. The first kappa shape index (κ1) is 34.2. The molecule has 29 heavy (non-hydrogen) atoms. The second-order valence-electron chi connectivity index (χ2n) is 6.67. The number of esters is 2. The molecule has 0 N–H and O–H groups in total. The first-order chi connectivity index (χ1) is 13.4. The zero-order valence-electron chi connectivity index (χ0n) is 18.5. The maximum Gasteiger partial charge on any atom is 1.00 e. The van der Waals surface area contributed by atoms with E-state index in [0.29, 0.717) is 13.2 Å². The molecule has 168 valence electrons. The van der Waals surface area contributed by atoms with E-state index in [1.165, 1.54) is 51.4 Å². The maximum atomic E-state index is 11.5. The van der Waals surface area contributed by atoms with Crippen molar-refractivity contribution in [3.63, 3.8) is 0 Å². The molecular formula is C20H38INaO7. The molecule has 0 aromatic rings. The Hall–Kier alpha value is 0.550. The maximum absolute atomic E-state index is 11.5. The minimum atomic E-state index is -4.01. The Morgan fingerprint density at radius 3 is 1.21 bits per heavy atom. The van der Waals surface area contributed by atoms with Crippen molar-refractivity contribution in [3.05, 3.63) is 0 Å². The summed E-state index contributed by atoms with van der Waals surface area (Å²) in [6.07, 6.45) is 14.3. The van der Waals surface area contributed by atoms with Crippen LogP contribution < -0.4 is 60.9 Å². The van der Waals surface area contributed by atoms with Gasteiger partial charge in [-0.15, -0.1) is 0 Å². The molecule has 0 spiro atoms. The van der Waals surface area contributed by atoms with Gasteiger partial charge in [0.15, 0.2) is 0 Å². The van der Waals surface area contributed by atoms with E-state index in [4.69, 9.17) is 19.8 Å². The van der Waals surface area contributed by atoms with Crippen molar-refractivity contribution in [1.29, 1.82) is 0 Å². The quantitative estimate of drug-likeness (QED) is 0.0799. The molecule has 0 rings (SSSR count). The molecule has 0 aromatic heterocycles. The summed E-state index contributed by atoms with van der Waals surface area (Å²) in [5, 5.41) is 0. The second-order valence-corrected chi connectivity index (χ2v) is 7.74. The van der Waals surface area contributed by atoms with Gasteiger partial charge in [-0.3, -0.25) is 9.59 Å². The Bertz CT molecular complexity index is 325. The Kier molecular flexibility index (Phi) is 33.6. The van der Waals surface area contributed by atoms with Crippen molar-refractivity contribution in [2.45, 2.75) is 104 Å². The Balaban J connectivity index is -0.00000123. The van der Waals surface area contributed by atoms with Gasteiger partial charge in [-0.05, 0) is 12.8 Å². The van der Waals surface area contributed by atoms with Crippen LogP contribution in [0, 0.1) is 0 Å². The van der Waals surface area contributed by atoms with Gasteiger partial charge in [-0.1, -0.05) is 78.1 Å². The van der Waals surface area contributed by atoms with Crippen LogP contribution in [-0.4, -0.2) is 25.2 Å². The van der Waals surface area contributed by atoms with Crippen molar-refractivity contribution in [1.82, 2.24) is 0 Å². The van der Waals surface area contributed by atoms with Crippen LogP contribution in [0.25, 0.3) is 0 Å². The molecule has 0 amide bonds. The monoisotopic (exact) mass is 540 g/mol. The molecule has 0 bridgehead atoms. The third-order valence-corrected chi connectivity index (χ3v) is 4.06. The molecule has 0 saturated heterocycles. The normalized spacial score (nSPS) is 10.0. The number of ether oxygens (including phenoxy) is 2. The molecule has 0 fully saturated rings. The Morgan fingerprint density at radius 1 is 0.621 bits per heavy atom. The van der Waals surface area contributed by atoms with Gasteiger partial charge in [0.25, 0.3) is 21.1 Å². The van der Waals surface area contributed by atoms with Gasteiger partial charge in [-0.25, -0.2) is 0 Å². The van der Waals surface area contributed by atoms with Crippen LogP contribution in [0.5, 0.6) is 0 Å². The number of carbonyl (C=O) groups is 2. The van der Waals surface area contributed by atoms with E-state index in [0.717, 1.165) is 25.7 Å². The van der Waals surface area contributed by atoms with Crippen molar-refractivity contribution in [2.24, 2.45) is 0 Å². The Morgan fingerprint density at radius 2 is 0.897 bits per heavy atom. The number of unbranched alkanes of at least 4 members (excludes halogenated alkanes) is 10. The molecule has 0 radical (unpaired) electrons. The summed E-state index contributed by atoms with van der Waals surface area (Å²) in [6.45, 7) is 5.33. The summed E-state index contributed by atoms with van der Waals surface area (Å²) in [5.41, 5.74) is 0. The predicted octanol–water partition coefficient (Wildman–Crippen LogP) is -3.98. The molecular weight excluding hydrogens is 502 g/mol. The predicted molar refractivity (Wildman–Crippen MR) is 97.9 cm³/mol. The molecule has 0 aliphatic rings. The van der Waals surface area contributed by atoms with E-state index in [-0.39, 0.29) is 54.3 Å². The van der Waals surface area contributed by atoms with Gasteiger partial charge in [0.2, 0.25) is 0 Å². The summed E-state index contributed by atoms with van der Waals surface area (Å²) in [5.74, 6) is -0.583. The number of halogens is 1. The van der Waals surface area contributed by atoms with Crippen LogP contribution in [0.1, 0.15) is 104 Å². The van der Waals surface area contributed by atoms with Gasteiger partial charge in [-0.2, -0.15) is 0 Å². The van der Waals surface area contributed by atoms with Crippen molar-refractivity contribution in [2.75, 3.05) is 13.2 Å². The third kappa shape index (κ3) is 36.3. The van der Waals surface area contributed by atoms with E-state index in [2.05, 4.69) is 13.8 Å². The fourth-order valence-electron chi connectivity index (χ4n) is 2.49. The minimum Gasteiger partial charge on any atom is -0.466 e. The molecule has 9 heteroatoms. The fourth-order valence-corrected chi connectivity index (χ4v) is 2.49.